The van der Waals surface area contributed by atoms with Crippen LogP contribution in [0.3, 0.4) is 0 Å². The molecule has 0 spiro atoms. The second kappa shape index (κ2) is 8.73. The van der Waals surface area contributed by atoms with Crippen LogP contribution in [0.25, 0.3) is 15.9 Å². The summed E-state index contributed by atoms with van der Waals surface area (Å²) in [6, 6.07) is 17.3. The average Bonchev–Trinajstić information content (AvgIpc) is 3.17. The summed E-state index contributed by atoms with van der Waals surface area (Å²) in [6.45, 7) is 2.76. The molecule has 0 radical (unpaired) electrons. The molecule has 4 aromatic rings. The zero-order chi connectivity index (χ0) is 22.2. The Balaban J connectivity index is 1.62. The van der Waals surface area contributed by atoms with Crippen LogP contribution < -0.4 is 5.56 Å². The fourth-order valence-corrected chi connectivity index (χ4v) is 6.29. The summed E-state index contributed by atoms with van der Waals surface area (Å²) in [5.41, 5.74) is 2.90. The molecule has 2 aromatic heterocycles. The van der Waals surface area contributed by atoms with E-state index in [9.17, 15) is 9.59 Å². The maximum atomic E-state index is 13.8. The molecular formula is C24H20ClN3O2S2. The molecule has 1 aliphatic rings. The molecule has 0 bridgehead atoms. The molecule has 32 heavy (non-hydrogen) atoms. The molecule has 2 aromatic carbocycles. The van der Waals surface area contributed by atoms with Gasteiger partial charge in [-0.15, -0.1) is 11.3 Å². The Morgan fingerprint density at radius 2 is 1.91 bits per heavy atom. The van der Waals surface area contributed by atoms with Gasteiger partial charge in [-0.2, -0.15) is 0 Å². The van der Waals surface area contributed by atoms with E-state index in [4.69, 9.17) is 16.6 Å². The molecular weight excluding hydrogens is 462 g/mol. The Morgan fingerprint density at radius 1 is 1.16 bits per heavy atom. The maximum absolute atomic E-state index is 13.8. The molecule has 5 nitrogen and oxygen atoms in total. The number of hydrogen-bond donors (Lipinski definition) is 0. The molecule has 0 saturated heterocycles. The standard InChI is InChI=1S/C24H20ClN3O2S2/c1-15(29)27-12-11-19-20(13-27)32-22-21(19)23(30)28(18-5-3-2-4-6-18)24(26-22)31-14-16-7-9-17(25)10-8-16/h2-10H,11-14H2,1H3. The molecule has 0 aliphatic carbocycles. The van der Waals surface area contributed by atoms with Crippen molar-refractivity contribution in [3.8, 4) is 5.69 Å². The quantitative estimate of drug-likeness (QED) is 0.293. The number of rotatable bonds is 4. The van der Waals surface area contributed by atoms with E-state index in [0.717, 1.165) is 26.5 Å². The number of carbonyl (C=O) groups excluding carboxylic acids is 1. The Hall–Kier alpha value is -2.61. The monoisotopic (exact) mass is 481 g/mol. The number of thiophene rings is 1. The summed E-state index contributed by atoms with van der Waals surface area (Å²) in [6.07, 6.45) is 0.678. The second-order valence-corrected chi connectivity index (χ2v) is 10.1. The van der Waals surface area contributed by atoms with Crippen molar-refractivity contribution >= 4 is 50.8 Å². The highest BCUT2D eigenvalue weighted by Crippen LogP contribution is 2.35. The molecule has 0 saturated carbocycles. The minimum Gasteiger partial charge on any atom is -0.337 e. The lowest BCUT2D eigenvalue weighted by Gasteiger charge is -2.25. The molecule has 1 amide bonds. The third kappa shape index (κ3) is 3.96. The Bertz CT molecular complexity index is 1360. The molecule has 8 heteroatoms. The number of carbonyl (C=O) groups is 1. The Morgan fingerprint density at radius 3 is 2.62 bits per heavy atom. The highest BCUT2D eigenvalue weighted by atomic mass is 35.5. The largest absolute Gasteiger partial charge is 0.337 e. The fourth-order valence-electron chi connectivity index (χ4n) is 3.92. The van der Waals surface area contributed by atoms with E-state index < -0.39 is 0 Å². The molecule has 0 N–H and O–H groups in total. The van der Waals surface area contributed by atoms with Crippen molar-refractivity contribution < 1.29 is 4.79 Å². The summed E-state index contributed by atoms with van der Waals surface area (Å²) in [7, 11) is 0. The number of halogens is 1. The molecule has 3 heterocycles. The van der Waals surface area contributed by atoms with Crippen LogP contribution in [-0.2, 0) is 23.5 Å². The molecule has 1 aliphatic heterocycles. The first kappa shape index (κ1) is 21.2. The van der Waals surface area contributed by atoms with Gasteiger partial charge in [-0.3, -0.25) is 14.2 Å². The van der Waals surface area contributed by atoms with E-state index >= 15 is 0 Å². The van der Waals surface area contributed by atoms with Crippen LogP contribution in [0.1, 0.15) is 22.9 Å². The predicted octanol–water partition coefficient (Wildman–Crippen LogP) is 5.30. The van der Waals surface area contributed by atoms with Crippen LogP contribution in [0, 0.1) is 0 Å². The zero-order valence-corrected chi connectivity index (χ0v) is 19.8. The van der Waals surface area contributed by atoms with Gasteiger partial charge in [0.05, 0.1) is 17.6 Å². The second-order valence-electron chi connectivity index (χ2n) is 7.66. The number of fused-ring (bicyclic) bond motifs is 3. The molecule has 0 unspecified atom stereocenters. The highest BCUT2D eigenvalue weighted by molar-refractivity contribution is 7.98. The summed E-state index contributed by atoms with van der Waals surface area (Å²) < 4.78 is 1.72. The smallest absolute Gasteiger partial charge is 0.267 e. The molecule has 162 valence electrons. The van der Waals surface area contributed by atoms with Crippen LogP contribution in [-0.4, -0.2) is 26.9 Å². The van der Waals surface area contributed by atoms with Crippen molar-refractivity contribution in [3.63, 3.8) is 0 Å². The Labute approximate surface area is 198 Å². The van der Waals surface area contributed by atoms with Crippen LogP contribution in [0.4, 0.5) is 0 Å². The molecule has 0 fully saturated rings. The number of hydrogen-bond acceptors (Lipinski definition) is 5. The first-order chi connectivity index (χ1) is 15.5. The van der Waals surface area contributed by atoms with Crippen LogP contribution in [0.5, 0.6) is 0 Å². The summed E-state index contributed by atoms with van der Waals surface area (Å²) in [5, 5.41) is 2.04. The number of benzene rings is 2. The highest BCUT2D eigenvalue weighted by Gasteiger charge is 2.26. The van der Waals surface area contributed by atoms with Gasteiger partial charge in [0.25, 0.3) is 5.56 Å². The lowest BCUT2D eigenvalue weighted by Crippen LogP contribution is -2.34. The summed E-state index contributed by atoms with van der Waals surface area (Å²) >= 11 is 9.07. The van der Waals surface area contributed by atoms with Gasteiger partial charge in [-0.05, 0) is 41.8 Å². The van der Waals surface area contributed by atoms with Crippen molar-refractivity contribution in [2.24, 2.45) is 0 Å². The van der Waals surface area contributed by atoms with E-state index in [1.165, 1.54) is 23.1 Å². The normalized spacial score (nSPS) is 13.4. The third-order valence-electron chi connectivity index (χ3n) is 5.58. The maximum Gasteiger partial charge on any atom is 0.267 e. The molecule has 5 rings (SSSR count). The van der Waals surface area contributed by atoms with Gasteiger partial charge in [0.15, 0.2) is 5.16 Å². The van der Waals surface area contributed by atoms with E-state index in [1.54, 1.807) is 11.5 Å². The number of thioether (sulfide) groups is 1. The van der Waals surface area contributed by atoms with Crippen molar-refractivity contribution in [2.45, 2.75) is 30.8 Å². The van der Waals surface area contributed by atoms with Gasteiger partial charge in [0, 0.05) is 29.1 Å². The van der Waals surface area contributed by atoms with Crippen molar-refractivity contribution in [1.82, 2.24) is 14.5 Å². The van der Waals surface area contributed by atoms with Crippen LogP contribution in [0.15, 0.2) is 64.5 Å². The first-order valence-corrected chi connectivity index (χ1v) is 12.4. The zero-order valence-electron chi connectivity index (χ0n) is 17.4. The predicted molar refractivity (Wildman–Crippen MR) is 131 cm³/mol. The van der Waals surface area contributed by atoms with Gasteiger partial charge < -0.3 is 4.90 Å². The van der Waals surface area contributed by atoms with Gasteiger partial charge in [0.1, 0.15) is 4.83 Å². The molecule has 0 atom stereocenters. The third-order valence-corrected chi connectivity index (χ3v) is 7.96. The van der Waals surface area contributed by atoms with Gasteiger partial charge >= 0.3 is 0 Å². The topological polar surface area (TPSA) is 55.2 Å². The summed E-state index contributed by atoms with van der Waals surface area (Å²) in [4.78, 5) is 34.2. The number of para-hydroxylation sites is 1. The lowest BCUT2D eigenvalue weighted by molar-refractivity contribution is -0.129. The number of nitrogens with zero attached hydrogens (tertiary/aromatic N) is 3. The van der Waals surface area contributed by atoms with Gasteiger partial charge in [-0.1, -0.05) is 53.7 Å². The van der Waals surface area contributed by atoms with E-state index in [2.05, 4.69) is 0 Å². The summed E-state index contributed by atoms with van der Waals surface area (Å²) in [5.74, 6) is 0.729. The first-order valence-electron chi connectivity index (χ1n) is 10.3. The van der Waals surface area contributed by atoms with Crippen molar-refractivity contribution in [1.29, 1.82) is 0 Å². The van der Waals surface area contributed by atoms with Crippen molar-refractivity contribution in [3.05, 3.63) is 86.0 Å². The van der Waals surface area contributed by atoms with E-state index in [1.807, 2.05) is 59.5 Å². The SMILES string of the molecule is CC(=O)N1CCc2c(sc3nc(SCc4ccc(Cl)cc4)n(-c4ccccc4)c(=O)c23)C1. The fraction of sp³-hybridized carbons (Fsp3) is 0.208. The minimum atomic E-state index is -0.0476. The van der Waals surface area contributed by atoms with Gasteiger partial charge in [0.2, 0.25) is 5.91 Å². The van der Waals surface area contributed by atoms with Gasteiger partial charge in [-0.25, -0.2) is 4.98 Å². The van der Waals surface area contributed by atoms with Crippen LogP contribution >= 0.6 is 34.7 Å². The van der Waals surface area contributed by atoms with E-state index in [0.29, 0.717) is 40.8 Å². The van der Waals surface area contributed by atoms with E-state index in [-0.39, 0.29) is 11.5 Å². The Kier molecular flexibility index (Phi) is 5.80. The lowest BCUT2D eigenvalue weighted by atomic mass is 10.1. The number of amides is 1. The number of aromatic nitrogens is 2. The van der Waals surface area contributed by atoms with Crippen LogP contribution in [0.2, 0.25) is 5.02 Å². The van der Waals surface area contributed by atoms with Crippen molar-refractivity contribution in [2.75, 3.05) is 6.54 Å². The minimum absolute atomic E-state index is 0.0476. The average molecular weight is 482 g/mol.